The van der Waals surface area contributed by atoms with E-state index in [9.17, 15) is 0 Å². The maximum atomic E-state index is 5.28. The van der Waals surface area contributed by atoms with Gasteiger partial charge in [-0.3, -0.25) is 0 Å². The summed E-state index contributed by atoms with van der Waals surface area (Å²) in [6.45, 7) is 2.95. The van der Waals surface area contributed by atoms with Crippen LogP contribution in [0, 0.1) is 0 Å². The molecule has 0 radical (unpaired) electrons. The summed E-state index contributed by atoms with van der Waals surface area (Å²) >= 11 is 0. The molecule has 0 bridgehead atoms. The van der Waals surface area contributed by atoms with E-state index in [1.807, 2.05) is 0 Å². The molecule has 0 spiro atoms. The maximum absolute atomic E-state index is 5.28. The number of hydrogen-bond donors (Lipinski definition) is 1. The molecule has 8 heavy (non-hydrogen) atoms. The average Bonchev–Trinajstić information content (AvgIpc) is 1.81. The molecule has 0 aliphatic rings. The van der Waals surface area contributed by atoms with E-state index in [4.69, 9.17) is 5.73 Å². The summed E-state index contributed by atoms with van der Waals surface area (Å²) in [4.78, 5) is 0. The van der Waals surface area contributed by atoms with Crippen molar-refractivity contribution < 1.29 is 0 Å². The molecule has 2 N–H and O–H groups in total. The average molecular weight is 113 g/mol. The molecule has 0 heterocycles. The second kappa shape index (κ2) is 6.70. The monoisotopic (exact) mass is 113 g/mol. The molecule has 0 fully saturated rings. The topological polar surface area (TPSA) is 26.0 Å². The van der Waals surface area contributed by atoms with E-state index < -0.39 is 0 Å². The zero-order valence-corrected chi connectivity index (χ0v) is 5.56. The number of rotatable bonds is 4. The van der Waals surface area contributed by atoms with Crippen LogP contribution in [-0.2, 0) is 0 Å². The Kier molecular flexibility index (Phi) is 6.45. The van der Waals surface area contributed by atoms with Crippen LogP contribution >= 0.6 is 0 Å². The molecule has 1 heteroatoms. The largest absolute Gasteiger partial charge is 0.330 e. The van der Waals surface area contributed by atoms with E-state index in [1.54, 1.807) is 0 Å². The second-order valence-corrected chi connectivity index (χ2v) is 1.81. The number of hydrogen-bond acceptors (Lipinski definition) is 1. The molecule has 48 valence electrons. The Hall–Kier alpha value is -0.300. The van der Waals surface area contributed by atoms with Crippen molar-refractivity contribution in [2.75, 3.05) is 6.54 Å². The van der Waals surface area contributed by atoms with Gasteiger partial charge in [0.05, 0.1) is 0 Å². The molecule has 0 aromatic carbocycles. The summed E-state index contributed by atoms with van der Waals surface area (Å²) in [5.74, 6) is 0. The van der Waals surface area contributed by atoms with Crippen LogP contribution in [0.25, 0.3) is 0 Å². The van der Waals surface area contributed by atoms with Crippen LogP contribution in [0.3, 0.4) is 0 Å². The van der Waals surface area contributed by atoms with Crippen LogP contribution < -0.4 is 5.73 Å². The van der Waals surface area contributed by atoms with E-state index in [0.29, 0.717) is 0 Å². The van der Waals surface area contributed by atoms with Gasteiger partial charge >= 0.3 is 0 Å². The van der Waals surface area contributed by atoms with Gasteiger partial charge in [-0.1, -0.05) is 19.1 Å². The molecular weight excluding hydrogens is 98.1 g/mol. The van der Waals surface area contributed by atoms with Crippen molar-refractivity contribution in [3.05, 3.63) is 12.2 Å². The first-order valence-electron chi connectivity index (χ1n) is 3.27. The summed E-state index contributed by atoms with van der Waals surface area (Å²) in [5.41, 5.74) is 5.28. The van der Waals surface area contributed by atoms with Crippen LogP contribution in [0.2, 0.25) is 0 Å². The Labute approximate surface area is 51.6 Å². The second-order valence-electron chi connectivity index (χ2n) is 1.81. The van der Waals surface area contributed by atoms with Gasteiger partial charge in [0.15, 0.2) is 0 Å². The molecule has 0 aromatic heterocycles. The lowest BCUT2D eigenvalue weighted by molar-refractivity contribution is 0.852. The number of allylic oxidation sites excluding steroid dienone is 2. The minimum absolute atomic E-state index is 0.814. The first-order valence-corrected chi connectivity index (χ1v) is 3.27. The summed E-state index contributed by atoms with van der Waals surface area (Å²) < 4.78 is 0. The fourth-order valence-corrected chi connectivity index (χ4v) is 0.520. The van der Waals surface area contributed by atoms with Gasteiger partial charge in [-0.05, 0) is 25.8 Å². The molecule has 1 nitrogen and oxygen atoms in total. The minimum Gasteiger partial charge on any atom is -0.330 e. The molecule has 0 aromatic rings. The van der Waals surface area contributed by atoms with Crippen molar-refractivity contribution in [1.82, 2.24) is 0 Å². The molecular formula is C7H15N. The summed E-state index contributed by atoms with van der Waals surface area (Å²) in [6, 6.07) is 0. The smallest absolute Gasteiger partial charge is 0.00743 e. The van der Waals surface area contributed by atoms with Crippen molar-refractivity contribution in [2.45, 2.75) is 26.2 Å². The van der Waals surface area contributed by atoms with Crippen molar-refractivity contribution >= 4 is 0 Å². The normalized spacial score (nSPS) is 10.8. The third-order valence-corrected chi connectivity index (χ3v) is 0.977. The van der Waals surface area contributed by atoms with Crippen molar-refractivity contribution in [1.29, 1.82) is 0 Å². The summed E-state index contributed by atoms with van der Waals surface area (Å²) in [7, 11) is 0. The Morgan fingerprint density at radius 3 is 2.62 bits per heavy atom. The third kappa shape index (κ3) is 5.70. The fourth-order valence-electron chi connectivity index (χ4n) is 0.520. The molecule has 0 aliphatic heterocycles. The molecule has 0 unspecified atom stereocenters. The van der Waals surface area contributed by atoms with Gasteiger partial charge in [0, 0.05) is 0 Å². The van der Waals surface area contributed by atoms with E-state index in [0.717, 1.165) is 25.8 Å². The number of nitrogens with two attached hydrogens (primary N) is 1. The predicted molar refractivity (Wildman–Crippen MR) is 37.7 cm³/mol. The Balaban J connectivity index is 2.80. The highest BCUT2D eigenvalue weighted by molar-refractivity contribution is 4.79. The lowest BCUT2D eigenvalue weighted by Gasteiger charge is -1.85. The Morgan fingerprint density at radius 1 is 1.38 bits per heavy atom. The fraction of sp³-hybridized carbons (Fsp3) is 0.714. The van der Waals surface area contributed by atoms with Gasteiger partial charge in [-0.2, -0.15) is 0 Å². The van der Waals surface area contributed by atoms with Gasteiger partial charge < -0.3 is 5.73 Å². The van der Waals surface area contributed by atoms with Crippen LogP contribution in [-0.4, -0.2) is 6.54 Å². The Morgan fingerprint density at radius 2 is 2.12 bits per heavy atom. The van der Waals surface area contributed by atoms with Gasteiger partial charge in [0.25, 0.3) is 0 Å². The van der Waals surface area contributed by atoms with Gasteiger partial charge in [-0.25, -0.2) is 0 Å². The van der Waals surface area contributed by atoms with Crippen molar-refractivity contribution in [2.24, 2.45) is 5.73 Å². The molecule has 0 rings (SSSR count). The molecule has 0 atom stereocenters. The lowest BCUT2D eigenvalue weighted by atomic mass is 10.3. The highest BCUT2D eigenvalue weighted by Gasteiger charge is 1.74. The highest BCUT2D eigenvalue weighted by atomic mass is 14.5. The lowest BCUT2D eigenvalue weighted by Crippen LogP contribution is -1.96. The summed E-state index contributed by atoms with van der Waals surface area (Å²) in [5, 5.41) is 0. The van der Waals surface area contributed by atoms with Crippen LogP contribution in [0.1, 0.15) is 26.2 Å². The van der Waals surface area contributed by atoms with E-state index in [-0.39, 0.29) is 0 Å². The van der Waals surface area contributed by atoms with Crippen molar-refractivity contribution in [3.8, 4) is 0 Å². The zero-order valence-electron chi connectivity index (χ0n) is 5.56. The van der Waals surface area contributed by atoms with Crippen molar-refractivity contribution in [3.63, 3.8) is 0 Å². The first kappa shape index (κ1) is 7.70. The minimum atomic E-state index is 0.814. The van der Waals surface area contributed by atoms with Gasteiger partial charge in [0.1, 0.15) is 0 Å². The predicted octanol–water partition coefficient (Wildman–Crippen LogP) is 1.69. The highest BCUT2D eigenvalue weighted by Crippen LogP contribution is 1.88. The van der Waals surface area contributed by atoms with Crippen LogP contribution in [0.4, 0.5) is 0 Å². The third-order valence-electron chi connectivity index (χ3n) is 0.977. The quantitative estimate of drug-likeness (QED) is 0.435. The number of unbranched alkanes of at least 4 members (excludes halogenated alkanes) is 1. The Bertz CT molecular complexity index is 57.4. The van der Waals surface area contributed by atoms with Gasteiger partial charge in [-0.15, -0.1) is 0 Å². The van der Waals surface area contributed by atoms with E-state index in [2.05, 4.69) is 19.1 Å². The molecule has 0 saturated carbocycles. The maximum Gasteiger partial charge on any atom is -0.00743 e. The standard InChI is InChI=1S/C7H15N/c1-2-3-4-5-6-7-8/h3-4H,2,5-8H2,1H3/b4-3+. The van der Waals surface area contributed by atoms with E-state index >= 15 is 0 Å². The van der Waals surface area contributed by atoms with E-state index in [1.165, 1.54) is 0 Å². The molecule has 0 saturated heterocycles. The molecule has 0 amide bonds. The molecule has 0 aliphatic carbocycles. The zero-order chi connectivity index (χ0) is 6.24. The SMILES string of the molecule is CC/C=C/CCCN. The summed E-state index contributed by atoms with van der Waals surface area (Å²) in [6.07, 6.45) is 7.77. The van der Waals surface area contributed by atoms with Crippen LogP contribution in [0.15, 0.2) is 12.2 Å². The first-order chi connectivity index (χ1) is 3.91. The van der Waals surface area contributed by atoms with Crippen LogP contribution in [0.5, 0.6) is 0 Å². The van der Waals surface area contributed by atoms with Gasteiger partial charge in [0.2, 0.25) is 0 Å².